The topological polar surface area (TPSA) is 76.0 Å². The highest BCUT2D eigenvalue weighted by atomic mass is 16.3. The lowest BCUT2D eigenvalue weighted by Crippen LogP contribution is -2.47. The molecule has 2 aliphatic rings. The molecule has 1 atom stereocenters. The van der Waals surface area contributed by atoms with Crippen molar-refractivity contribution in [1.82, 2.24) is 10.2 Å². The zero-order chi connectivity index (χ0) is 15.5. The van der Waals surface area contributed by atoms with Crippen LogP contribution in [0.25, 0.3) is 0 Å². The molecule has 1 aliphatic carbocycles. The number of hydrogen-bond acceptors (Lipinski definition) is 5. The van der Waals surface area contributed by atoms with Crippen molar-refractivity contribution in [2.75, 3.05) is 26.2 Å². The fraction of sp³-hybridized carbons (Fsp3) is 0.647. The highest BCUT2D eigenvalue weighted by molar-refractivity contribution is 5.54. The second-order valence-electron chi connectivity index (χ2n) is 6.50. The smallest absolute Gasteiger partial charge is 0.200 e. The molecule has 1 aliphatic heterocycles. The van der Waals surface area contributed by atoms with Gasteiger partial charge in [0.1, 0.15) is 0 Å². The van der Waals surface area contributed by atoms with Crippen LogP contribution in [0.4, 0.5) is 0 Å². The van der Waals surface area contributed by atoms with Crippen molar-refractivity contribution < 1.29 is 15.3 Å². The van der Waals surface area contributed by atoms with Crippen LogP contribution in [0.3, 0.4) is 0 Å². The number of nitrogens with zero attached hydrogens (tertiary/aromatic N) is 1. The van der Waals surface area contributed by atoms with Crippen LogP contribution < -0.4 is 5.32 Å². The molecule has 1 saturated carbocycles. The van der Waals surface area contributed by atoms with Gasteiger partial charge < -0.3 is 20.6 Å². The van der Waals surface area contributed by atoms with E-state index in [1.165, 1.54) is 25.3 Å². The van der Waals surface area contributed by atoms with Crippen molar-refractivity contribution in [2.45, 2.75) is 38.1 Å². The summed E-state index contributed by atoms with van der Waals surface area (Å²) in [7, 11) is 0. The molecule has 0 aromatic heterocycles. The summed E-state index contributed by atoms with van der Waals surface area (Å²) in [6.45, 7) is 3.80. The van der Waals surface area contributed by atoms with Crippen LogP contribution in [0.1, 0.15) is 43.7 Å². The molecule has 0 unspecified atom stereocenters. The van der Waals surface area contributed by atoms with Gasteiger partial charge in [0.15, 0.2) is 11.5 Å². The molecule has 0 spiro atoms. The van der Waals surface area contributed by atoms with Crippen molar-refractivity contribution in [3.05, 3.63) is 17.7 Å². The molecule has 0 amide bonds. The third kappa shape index (κ3) is 3.01. The van der Waals surface area contributed by atoms with Crippen LogP contribution in [0.15, 0.2) is 12.1 Å². The van der Waals surface area contributed by atoms with E-state index in [2.05, 4.69) is 10.2 Å². The van der Waals surface area contributed by atoms with Crippen molar-refractivity contribution in [3.8, 4) is 17.2 Å². The van der Waals surface area contributed by atoms with E-state index in [4.69, 9.17) is 0 Å². The highest BCUT2D eigenvalue weighted by Gasteiger charge is 2.33. The summed E-state index contributed by atoms with van der Waals surface area (Å²) in [6, 6.07) is 3.38. The summed E-state index contributed by atoms with van der Waals surface area (Å²) in [5.74, 6) is -0.312. The van der Waals surface area contributed by atoms with Crippen molar-refractivity contribution in [1.29, 1.82) is 0 Å². The molecule has 1 aromatic rings. The zero-order valence-electron chi connectivity index (χ0n) is 13.0. The van der Waals surface area contributed by atoms with Crippen molar-refractivity contribution in [2.24, 2.45) is 5.92 Å². The van der Waals surface area contributed by atoms with E-state index in [1.807, 2.05) is 0 Å². The molecule has 3 rings (SSSR count). The summed E-state index contributed by atoms with van der Waals surface area (Å²) in [5.41, 5.74) is 0.754. The number of benzene rings is 1. The first-order valence-electron chi connectivity index (χ1n) is 8.37. The van der Waals surface area contributed by atoms with Gasteiger partial charge in [-0.2, -0.15) is 0 Å². The minimum atomic E-state index is -0.395. The Bertz CT molecular complexity index is 491. The van der Waals surface area contributed by atoms with Crippen LogP contribution in [0, 0.1) is 5.92 Å². The van der Waals surface area contributed by atoms with Gasteiger partial charge in [0.2, 0.25) is 5.75 Å². The average molecular weight is 306 g/mol. The van der Waals surface area contributed by atoms with Crippen LogP contribution in [0.5, 0.6) is 17.2 Å². The molecule has 2 fully saturated rings. The fourth-order valence-corrected chi connectivity index (χ4v) is 3.98. The lowest BCUT2D eigenvalue weighted by Gasteiger charge is -2.41. The van der Waals surface area contributed by atoms with Gasteiger partial charge >= 0.3 is 0 Å². The standard InChI is InChI=1S/C17H26N2O3/c20-14-7-6-13(16(21)17(14)22)15(12-4-2-1-3-5-12)19-10-8-18-9-11-19/h6-7,12,15,18,20-22H,1-5,8-11H2/t15-/m1/s1. The largest absolute Gasteiger partial charge is 0.504 e. The Balaban J connectivity index is 1.94. The van der Waals surface area contributed by atoms with Crippen LogP contribution in [-0.2, 0) is 0 Å². The first-order valence-corrected chi connectivity index (χ1v) is 8.37. The van der Waals surface area contributed by atoms with E-state index in [1.54, 1.807) is 6.07 Å². The monoisotopic (exact) mass is 306 g/mol. The first-order chi connectivity index (χ1) is 10.7. The minimum absolute atomic E-state index is 0.119. The third-order valence-electron chi connectivity index (χ3n) is 5.12. The Morgan fingerprint density at radius 1 is 0.955 bits per heavy atom. The van der Waals surface area contributed by atoms with Gasteiger partial charge in [0.25, 0.3) is 0 Å². The van der Waals surface area contributed by atoms with Gasteiger partial charge in [-0.15, -0.1) is 0 Å². The number of phenolic OH excluding ortho intramolecular Hbond substituents is 3. The number of aromatic hydroxyl groups is 3. The number of phenols is 3. The summed E-state index contributed by atoms with van der Waals surface area (Å²) < 4.78 is 0. The normalized spacial score (nSPS) is 22.5. The molecular weight excluding hydrogens is 280 g/mol. The Morgan fingerprint density at radius 2 is 1.64 bits per heavy atom. The molecule has 1 heterocycles. The molecule has 5 heteroatoms. The van der Waals surface area contributed by atoms with E-state index in [9.17, 15) is 15.3 Å². The summed E-state index contributed by atoms with van der Waals surface area (Å²) in [6.07, 6.45) is 6.08. The number of rotatable bonds is 3. The SMILES string of the molecule is Oc1ccc([C@@H](C2CCCCC2)N2CCNCC2)c(O)c1O. The molecular formula is C17H26N2O3. The number of nitrogens with one attached hydrogen (secondary N) is 1. The lowest BCUT2D eigenvalue weighted by atomic mass is 9.79. The third-order valence-corrected chi connectivity index (χ3v) is 5.12. The van der Waals surface area contributed by atoms with E-state index in [-0.39, 0.29) is 17.5 Å². The maximum Gasteiger partial charge on any atom is 0.200 e. The van der Waals surface area contributed by atoms with Crippen molar-refractivity contribution >= 4 is 0 Å². The van der Waals surface area contributed by atoms with E-state index >= 15 is 0 Å². The molecule has 122 valence electrons. The second-order valence-corrected chi connectivity index (χ2v) is 6.50. The minimum Gasteiger partial charge on any atom is -0.504 e. The van der Waals surface area contributed by atoms with E-state index in [0.29, 0.717) is 5.92 Å². The summed E-state index contributed by atoms with van der Waals surface area (Å²) >= 11 is 0. The number of piperazine rings is 1. The lowest BCUT2D eigenvalue weighted by molar-refractivity contribution is 0.101. The van der Waals surface area contributed by atoms with Crippen molar-refractivity contribution in [3.63, 3.8) is 0 Å². The highest BCUT2D eigenvalue weighted by Crippen LogP contribution is 2.46. The first kappa shape index (κ1) is 15.4. The van der Waals surface area contributed by atoms with Crippen LogP contribution in [0.2, 0.25) is 0 Å². The van der Waals surface area contributed by atoms with Gasteiger partial charge in [-0.05, 0) is 30.9 Å². The molecule has 22 heavy (non-hydrogen) atoms. The van der Waals surface area contributed by atoms with Gasteiger partial charge in [-0.1, -0.05) is 19.3 Å². The van der Waals surface area contributed by atoms with Crippen LogP contribution in [-0.4, -0.2) is 46.4 Å². The average Bonchev–Trinajstić information content (AvgIpc) is 2.57. The predicted molar refractivity (Wildman–Crippen MR) is 85.2 cm³/mol. The molecule has 0 bridgehead atoms. The van der Waals surface area contributed by atoms with Gasteiger partial charge in [0, 0.05) is 37.8 Å². The molecule has 5 nitrogen and oxygen atoms in total. The Hall–Kier alpha value is -1.46. The van der Waals surface area contributed by atoms with Crippen LogP contribution >= 0.6 is 0 Å². The van der Waals surface area contributed by atoms with Gasteiger partial charge in [-0.25, -0.2) is 0 Å². The summed E-state index contributed by atoms with van der Waals surface area (Å²) in [5, 5.41) is 33.2. The number of hydrogen-bond donors (Lipinski definition) is 4. The van der Waals surface area contributed by atoms with Gasteiger partial charge in [-0.3, -0.25) is 4.90 Å². The second kappa shape index (κ2) is 6.75. The Labute approximate surface area is 131 Å². The van der Waals surface area contributed by atoms with E-state index in [0.717, 1.165) is 44.6 Å². The van der Waals surface area contributed by atoms with E-state index < -0.39 is 5.75 Å². The molecule has 1 aromatic carbocycles. The Morgan fingerprint density at radius 3 is 2.32 bits per heavy atom. The Kier molecular flexibility index (Phi) is 4.74. The molecule has 0 radical (unpaired) electrons. The fourth-order valence-electron chi connectivity index (χ4n) is 3.98. The maximum absolute atomic E-state index is 10.4. The molecule has 1 saturated heterocycles. The summed E-state index contributed by atoms with van der Waals surface area (Å²) in [4.78, 5) is 2.41. The quantitative estimate of drug-likeness (QED) is 0.645. The predicted octanol–water partition coefficient (Wildman–Crippen LogP) is 2.33. The maximum atomic E-state index is 10.4. The molecule has 4 N–H and O–H groups in total. The zero-order valence-corrected chi connectivity index (χ0v) is 13.0. The van der Waals surface area contributed by atoms with Gasteiger partial charge in [0.05, 0.1) is 0 Å².